The monoisotopic (exact) mass is 303 g/mol. The summed E-state index contributed by atoms with van der Waals surface area (Å²) in [6.07, 6.45) is 7.78. The number of nitrogens with zero attached hydrogens (tertiary/aromatic N) is 1. The third kappa shape index (κ3) is 3.81. The Kier molecular flexibility index (Phi) is 5.56. The lowest BCUT2D eigenvalue weighted by molar-refractivity contribution is -0.122. The van der Waals surface area contributed by atoms with Crippen molar-refractivity contribution in [2.24, 2.45) is 0 Å². The molecule has 2 rings (SSSR count). The van der Waals surface area contributed by atoms with Crippen LogP contribution in [-0.4, -0.2) is 21.7 Å². The van der Waals surface area contributed by atoms with Crippen molar-refractivity contribution in [2.75, 3.05) is 6.54 Å². The smallest absolute Gasteiger partial charge is 0.266 e. The number of hydrogen-bond acceptors (Lipinski definition) is 3. The number of carbonyl (C=O) groups is 1. The van der Waals surface area contributed by atoms with Crippen LogP contribution < -0.4 is 0 Å². The van der Waals surface area contributed by atoms with Gasteiger partial charge in [0.1, 0.15) is 4.32 Å². The molecule has 0 saturated carbocycles. The summed E-state index contributed by atoms with van der Waals surface area (Å²) in [4.78, 5) is 14.6. The van der Waals surface area contributed by atoms with Crippen molar-refractivity contribution in [1.29, 1.82) is 0 Å². The molecule has 1 aromatic rings. The van der Waals surface area contributed by atoms with Crippen LogP contribution in [0.15, 0.2) is 47.4 Å². The van der Waals surface area contributed by atoms with E-state index in [-0.39, 0.29) is 5.91 Å². The SMILES string of the molecule is CCCCN1C(=O)/C(=C\C=C\c2ccccc2)SC1=S. The van der Waals surface area contributed by atoms with Gasteiger partial charge in [0, 0.05) is 6.54 Å². The maximum absolute atomic E-state index is 12.2. The van der Waals surface area contributed by atoms with E-state index in [4.69, 9.17) is 12.2 Å². The van der Waals surface area contributed by atoms with Crippen molar-refractivity contribution in [2.45, 2.75) is 19.8 Å². The van der Waals surface area contributed by atoms with Crippen molar-refractivity contribution in [3.8, 4) is 0 Å². The van der Waals surface area contributed by atoms with Crippen molar-refractivity contribution < 1.29 is 4.79 Å². The second kappa shape index (κ2) is 7.41. The number of hydrogen-bond donors (Lipinski definition) is 0. The van der Waals surface area contributed by atoms with Gasteiger partial charge in [0.15, 0.2) is 0 Å². The Balaban J connectivity index is 2.03. The minimum atomic E-state index is 0.0335. The molecule has 4 heteroatoms. The van der Waals surface area contributed by atoms with Crippen LogP contribution in [0.3, 0.4) is 0 Å². The van der Waals surface area contributed by atoms with E-state index in [1.54, 1.807) is 4.90 Å². The lowest BCUT2D eigenvalue weighted by Crippen LogP contribution is -2.28. The molecule has 1 fully saturated rings. The third-order valence-corrected chi connectivity index (χ3v) is 4.34. The Morgan fingerprint density at radius 3 is 2.75 bits per heavy atom. The molecule has 1 aliphatic heterocycles. The molecule has 2 nitrogen and oxygen atoms in total. The summed E-state index contributed by atoms with van der Waals surface area (Å²) in [6.45, 7) is 2.83. The first-order valence-corrected chi connectivity index (χ1v) is 7.92. The summed E-state index contributed by atoms with van der Waals surface area (Å²) >= 11 is 6.64. The molecule has 1 aromatic carbocycles. The number of thiocarbonyl (C=S) groups is 1. The third-order valence-electron chi connectivity index (χ3n) is 2.94. The Labute approximate surface area is 129 Å². The van der Waals surface area contributed by atoms with Gasteiger partial charge < -0.3 is 0 Å². The molecule has 0 aromatic heterocycles. The lowest BCUT2D eigenvalue weighted by Gasteiger charge is -2.12. The molecule has 1 aliphatic rings. The first kappa shape index (κ1) is 15.0. The Bertz CT molecular complexity index is 549. The van der Waals surface area contributed by atoms with Gasteiger partial charge in [-0.1, -0.05) is 79.8 Å². The fraction of sp³-hybridized carbons (Fsp3) is 0.250. The second-order valence-corrected chi connectivity index (χ2v) is 6.15. The highest BCUT2D eigenvalue weighted by atomic mass is 32.2. The van der Waals surface area contributed by atoms with Gasteiger partial charge in [-0.2, -0.15) is 0 Å². The van der Waals surface area contributed by atoms with Crippen LogP contribution in [-0.2, 0) is 4.79 Å². The summed E-state index contributed by atoms with van der Waals surface area (Å²) < 4.78 is 0.669. The summed E-state index contributed by atoms with van der Waals surface area (Å²) in [5.74, 6) is 0.0335. The number of rotatable bonds is 5. The average molecular weight is 303 g/mol. The molecule has 1 amide bonds. The van der Waals surface area contributed by atoms with Crippen LogP contribution in [0.25, 0.3) is 6.08 Å². The largest absolute Gasteiger partial charge is 0.293 e. The molecule has 0 radical (unpaired) electrons. The molecular formula is C16H17NOS2. The van der Waals surface area contributed by atoms with Crippen LogP contribution in [0.4, 0.5) is 0 Å². The number of unbranched alkanes of at least 4 members (excludes halogenated alkanes) is 1. The van der Waals surface area contributed by atoms with Crippen molar-refractivity contribution in [3.05, 3.63) is 53.0 Å². The van der Waals surface area contributed by atoms with E-state index >= 15 is 0 Å². The van der Waals surface area contributed by atoms with E-state index in [1.165, 1.54) is 11.8 Å². The number of carbonyl (C=O) groups excluding carboxylic acids is 1. The zero-order valence-corrected chi connectivity index (χ0v) is 13.0. The van der Waals surface area contributed by atoms with Crippen LogP contribution in [0.5, 0.6) is 0 Å². The highest BCUT2D eigenvalue weighted by Gasteiger charge is 2.30. The summed E-state index contributed by atoms with van der Waals surface area (Å²) in [5, 5.41) is 0. The van der Waals surface area contributed by atoms with Gasteiger partial charge in [0.05, 0.1) is 4.91 Å². The van der Waals surface area contributed by atoms with Crippen molar-refractivity contribution in [1.82, 2.24) is 4.90 Å². The molecule has 0 bridgehead atoms. The number of benzene rings is 1. The molecule has 1 saturated heterocycles. The minimum Gasteiger partial charge on any atom is -0.293 e. The van der Waals surface area contributed by atoms with E-state index in [9.17, 15) is 4.79 Å². The Hall–Kier alpha value is -1.39. The lowest BCUT2D eigenvalue weighted by atomic mass is 10.2. The minimum absolute atomic E-state index is 0.0335. The number of amides is 1. The molecule has 0 atom stereocenters. The zero-order chi connectivity index (χ0) is 14.4. The van der Waals surface area contributed by atoms with E-state index in [2.05, 4.69) is 6.92 Å². The van der Waals surface area contributed by atoms with E-state index < -0.39 is 0 Å². The molecule has 1 heterocycles. The van der Waals surface area contributed by atoms with Gasteiger partial charge in [0.25, 0.3) is 5.91 Å². The molecule has 0 N–H and O–H groups in total. The summed E-state index contributed by atoms with van der Waals surface area (Å²) in [7, 11) is 0. The fourth-order valence-electron chi connectivity index (χ4n) is 1.83. The van der Waals surface area contributed by atoms with Crippen LogP contribution >= 0.6 is 24.0 Å². The fourth-order valence-corrected chi connectivity index (χ4v) is 3.09. The van der Waals surface area contributed by atoms with Gasteiger partial charge in [0.2, 0.25) is 0 Å². The van der Waals surface area contributed by atoms with Gasteiger partial charge in [-0.15, -0.1) is 0 Å². The highest BCUT2D eigenvalue weighted by molar-refractivity contribution is 8.26. The Morgan fingerprint density at radius 1 is 1.30 bits per heavy atom. The van der Waals surface area contributed by atoms with Gasteiger partial charge in [-0.05, 0) is 18.1 Å². The summed E-state index contributed by atoms with van der Waals surface area (Å²) in [5.41, 5.74) is 1.12. The Morgan fingerprint density at radius 2 is 2.05 bits per heavy atom. The normalized spacial score (nSPS) is 17.6. The van der Waals surface area contributed by atoms with E-state index in [0.29, 0.717) is 9.23 Å². The van der Waals surface area contributed by atoms with Crippen molar-refractivity contribution >= 4 is 40.3 Å². The standard InChI is InChI=1S/C16H17NOS2/c1-2-3-12-17-15(18)14(20-16(17)19)11-7-10-13-8-5-4-6-9-13/h4-11H,2-3,12H2,1H3/b10-7+,14-11+. The maximum atomic E-state index is 12.2. The molecule has 0 spiro atoms. The molecule has 0 aliphatic carbocycles. The molecule has 20 heavy (non-hydrogen) atoms. The highest BCUT2D eigenvalue weighted by Crippen LogP contribution is 2.31. The van der Waals surface area contributed by atoms with Gasteiger partial charge >= 0.3 is 0 Å². The first-order valence-electron chi connectivity index (χ1n) is 6.69. The summed E-state index contributed by atoms with van der Waals surface area (Å²) in [6, 6.07) is 10.0. The first-order chi connectivity index (χ1) is 9.72. The van der Waals surface area contributed by atoms with E-state index in [0.717, 1.165) is 24.9 Å². The van der Waals surface area contributed by atoms with Crippen molar-refractivity contribution in [3.63, 3.8) is 0 Å². The molecule has 104 valence electrons. The predicted molar refractivity (Wildman–Crippen MR) is 90.4 cm³/mol. The topological polar surface area (TPSA) is 20.3 Å². The van der Waals surface area contributed by atoms with Gasteiger partial charge in [-0.25, -0.2) is 0 Å². The molecular weight excluding hydrogens is 286 g/mol. The van der Waals surface area contributed by atoms with E-state index in [1.807, 2.05) is 48.6 Å². The average Bonchev–Trinajstić information content (AvgIpc) is 2.73. The van der Waals surface area contributed by atoms with Crippen LogP contribution in [0.2, 0.25) is 0 Å². The van der Waals surface area contributed by atoms with Crippen LogP contribution in [0.1, 0.15) is 25.3 Å². The molecule has 0 unspecified atom stereocenters. The van der Waals surface area contributed by atoms with Crippen LogP contribution in [0, 0.1) is 0 Å². The maximum Gasteiger partial charge on any atom is 0.266 e. The number of thioether (sulfide) groups is 1. The van der Waals surface area contributed by atoms with Gasteiger partial charge in [-0.3, -0.25) is 9.69 Å². The number of allylic oxidation sites excluding steroid dienone is 2. The quantitative estimate of drug-likeness (QED) is 0.599. The second-order valence-electron chi connectivity index (χ2n) is 4.48. The zero-order valence-electron chi connectivity index (χ0n) is 11.4. The predicted octanol–water partition coefficient (Wildman–Crippen LogP) is 4.24.